The van der Waals surface area contributed by atoms with Crippen molar-refractivity contribution in [2.75, 3.05) is 19.6 Å². The molecule has 0 radical (unpaired) electrons. The minimum atomic E-state index is 0.122. The van der Waals surface area contributed by atoms with Gasteiger partial charge in [-0.25, -0.2) is 0 Å². The minimum absolute atomic E-state index is 0.122. The van der Waals surface area contributed by atoms with Gasteiger partial charge in [-0.15, -0.1) is 0 Å². The zero-order valence-electron chi connectivity index (χ0n) is 14.7. The van der Waals surface area contributed by atoms with Crippen LogP contribution in [0.25, 0.3) is 0 Å². The van der Waals surface area contributed by atoms with Crippen LogP contribution in [0.15, 0.2) is 4.52 Å². The van der Waals surface area contributed by atoms with Crippen molar-refractivity contribution >= 4 is 5.91 Å². The van der Waals surface area contributed by atoms with Crippen molar-refractivity contribution in [3.8, 4) is 0 Å². The topological polar surface area (TPSA) is 71.3 Å². The number of amides is 1. The van der Waals surface area contributed by atoms with Crippen LogP contribution in [0, 0.1) is 6.92 Å². The molecule has 0 aliphatic carbocycles. The Balaban J connectivity index is 1.75. The SMILES string of the molecule is CCCCCC(C)NC(=O)CN1CCCC(c2nc(C)no2)C1. The van der Waals surface area contributed by atoms with Crippen LogP contribution in [0.5, 0.6) is 0 Å². The average molecular weight is 322 g/mol. The molecule has 2 unspecified atom stereocenters. The number of aryl methyl sites for hydroxylation is 1. The Kier molecular flexibility index (Phi) is 7.02. The van der Waals surface area contributed by atoms with E-state index in [4.69, 9.17) is 4.52 Å². The molecule has 0 bridgehead atoms. The maximum atomic E-state index is 12.2. The lowest BCUT2D eigenvalue weighted by atomic mass is 9.98. The van der Waals surface area contributed by atoms with E-state index >= 15 is 0 Å². The van der Waals surface area contributed by atoms with Gasteiger partial charge in [-0.3, -0.25) is 9.69 Å². The van der Waals surface area contributed by atoms with E-state index in [1.165, 1.54) is 19.3 Å². The van der Waals surface area contributed by atoms with E-state index in [1.807, 2.05) is 6.92 Å². The Morgan fingerprint density at radius 1 is 1.48 bits per heavy atom. The molecule has 1 N–H and O–H groups in total. The lowest BCUT2D eigenvalue weighted by Crippen LogP contribution is -2.44. The van der Waals surface area contributed by atoms with Crippen molar-refractivity contribution in [1.29, 1.82) is 0 Å². The highest BCUT2D eigenvalue weighted by Crippen LogP contribution is 2.25. The third-order valence-corrected chi connectivity index (χ3v) is 4.41. The molecule has 130 valence electrons. The van der Waals surface area contributed by atoms with Crippen LogP contribution in [-0.2, 0) is 4.79 Å². The summed E-state index contributed by atoms with van der Waals surface area (Å²) in [5, 5.41) is 6.98. The van der Waals surface area contributed by atoms with Gasteiger partial charge >= 0.3 is 0 Å². The van der Waals surface area contributed by atoms with Gasteiger partial charge in [0.15, 0.2) is 5.82 Å². The third-order valence-electron chi connectivity index (χ3n) is 4.41. The fourth-order valence-electron chi connectivity index (χ4n) is 3.18. The summed E-state index contributed by atoms with van der Waals surface area (Å²) < 4.78 is 5.29. The molecule has 1 aliphatic rings. The summed E-state index contributed by atoms with van der Waals surface area (Å²) in [5.74, 6) is 1.76. The molecule has 1 fully saturated rings. The lowest BCUT2D eigenvalue weighted by molar-refractivity contribution is -0.123. The molecule has 1 saturated heterocycles. The van der Waals surface area contributed by atoms with Crippen molar-refractivity contribution in [2.24, 2.45) is 0 Å². The van der Waals surface area contributed by atoms with Crippen LogP contribution in [-0.4, -0.2) is 46.6 Å². The smallest absolute Gasteiger partial charge is 0.234 e. The zero-order chi connectivity index (χ0) is 16.7. The molecule has 2 heterocycles. The molecule has 1 aromatic heterocycles. The van der Waals surface area contributed by atoms with Crippen LogP contribution in [0.2, 0.25) is 0 Å². The largest absolute Gasteiger partial charge is 0.353 e. The molecule has 0 aromatic carbocycles. The van der Waals surface area contributed by atoms with Crippen LogP contribution in [0.4, 0.5) is 0 Å². The second kappa shape index (κ2) is 9.01. The minimum Gasteiger partial charge on any atom is -0.353 e. The first-order valence-corrected chi connectivity index (χ1v) is 8.90. The number of nitrogens with zero attached hydrogens (tertiary/aromatic N) is 3. The second-order valence-corrected chi connectivity index (χ2v) is 6.72. The number of carbonyl (C=O) groups excluding carboxylic acids is 1. The summed E-state index contributed by atoms with van der Waals surface area (Å²) in [6.07, 6.45) is 6.80. The van der Waals surface area contributed by atoms with E-state index in [1.54, 1.807) is 0 Å². The van der Waals surface area contributed by atoms with Crippen molar-refractivity contribution in [3.63, 3.8) is 0 Å². The van der Waals surface area contributed by atoms with Crippen molar-refractivity contribution in [2.45, 2.75) is 71.3 Å². The van der Waals surface area contributed by atoms with Crippen LogP contribution in [0.3, 0.4) is 0 Å². The van der Waals surface area contributed by atoms with Gasteiger partial charge in [-0.2, -0.15) is 4.98 Å². The zero-order valence-corrected chi connectivity index (χ0v) is 14.7. The maximum Gasteiger partial charge on any atom is 0.234 e. The number of carbonyl (C=O) groups is 1. The first-order valence-electron chi connectivity index (χ1n) is 8.90. The fourth-order valence-corrected chi connectivity index (χ4v) is 3.18. The number of aromatic nitrogens is 2. The number of hydrogen-bond donors (Lipinski definition) is 1. The van der Waals surface area contributed by atoms with Crippen molar-refractivity contribution in [3.05, 3.63) is 11.7 Å². The van der Waals surface area contributed by atoms with Crippen LogP contribution in [0.1, 0.15) is 70.0 Å². The molecule has 2 atom stereocenters. The Morgan fingerprint density at radius 2 is 2.30 bits per heavy atom. The molecule has 23 heavy (non-hydrogen) atoms. The summed E-state index contributed by atoms with van der Waals surface area (Å²) in [7, 11) is 0. The van der Waals surface area contributed by atoms with Gasteiger partial charge in [0, 0.05) is 12.6 Å². The monoisotopic (exact) mass is 322 g/mol. The van der Waals surface area contributed by atoms with Gasteiger partial charge in [0.2, 0.25) is 11.8 Å². The number of nitrogens with one attached hydrogen (secondary N) is 1. The van der Waals surface area contributed by atoms with Gasteiger partial charge in [0.25, 0.3) is 0 Å². The van der Waals surface area contributed by atoms with Crippen molar-refractivity contribution < 1.29 is 9.32 Å². The molecule has 0 spiro atoms. The van der Waals surface area contributed by atoms with E-state index in [2.05, 4.69) is 34.2 Å². The Morgan fingerprint density at radius 3 is 3.00 bits per heavy atom. The summed E-state index contributed by atoms with van der Waals surface area (Å²) >= 11 is 0. The highest BCUT2D eigenvalue weighted by atomic mass is 16.5. The third kappa shape index (κ3) is 5.94. The van der Waals surface area contributed by atoms with Gasteiger partial charge in [0.05, 0.1) is 12.5 Å². The Bertz CT molecular complexity index is 489. The predicted molar refractivity (Wildman–Crippen MR) is 89.2 cm³/mol. The Labute approximate surface area is 139 Å². The van der Waals surface area contributed by atoms with E-state index < -0.39 is 0 Å². The summed E-state index contributed by atoms with van der Waals surface area (Å²) in [6.45, 7) is 8.36. The number of hydrogen-bond acceptors (Lipinski definition) is 5. The van der Waals surface area contributed by atoms with E-state index in [9.17, 15) is 4.79 Å². The molecule has 1 aromatic rings. The number of unbranched alkanes of at least 4 members (excludes halogenated alkanes) is 2. The summed E-state index contributed by atoms with van der Waals surface area (Å²) in [4.78, 5) is 18.7. The number of piperidine rings is 1. The standard InChI is InChI=1S/C17H30N4O2/c1-4-5-6-8-13(2)18-16(22)12-21-10-7-9-15(11-21)17-19-14(3)20-23-17/h13,15H,4-12H2,1-3H3,(H,18,22). The number of likely N-dealkylation sites (tertiary alicyclic amines) is 1. The predicted octanol–water partition coefficient (Wildman–Crippen LogP) is 2.64. The quantitative estimate of drug-likeness (QED) is 0.745. The molecule has 6 heteroatoms. The summed E-state index contributed by atoms with van der Waals surface area (Å²) in [6, 6.07) is 0.258. The molecule has 1 amide bonds. The second-order valence-electron chi connectivity index (χ2n) is 6.72. The summed E-state index contributed by atoms with van der Waals surface area (Å²) in [5.41, 5.74) is 0. The molecular formula is C17H30N4O2. The lowest BCUT2D eigenvalue weighted by Gasteiger charge is -2.30. The first kappa shape index (κ1) is 17.9. The maximum absolute atomic E-state index is 12.2. The highest BCUT2D eigenvalue weighted by Gasteiger charge is 2.26. The van der Waals surface area contributed by atoms with Crippen LogP contribution < -0.4 is 5.32 Å². The van der Waals surface area contributed by atoms with Gasteiger partial charge in [0.1, 0.15) is 0 Å². The molecule has 1 aliphatic heterocycles. The molecule has 2 rings (SSSR count). The highest BCUT2D eigenvalue weighted by molar-refractivity contribution is 5.78. The van der Waals surface area contributed by atoms with E-state index in [-0.39, 0.29) is 17.9 Å². The van der Waals surface area contributed by atoms with E-state index in [0.717, 1.165) is 32.4 Å². The molecule has 0 saturated carbocycles. The van der Waals surface area contributed by atoms with E-state index in [0.29, 0.717) is 18.3 Å². The first-order chi connectivity index (χ1) is 11.1. The Hall–Kier alpha value is -1.43. The molecule has 6 nitrogen and oxygen atoms in total. The normalized spacial score (nSPS) is 20.4. The molecular weight excluding hydrogens is 292 g/mol. The van der Waals surface area contributed by atoms with Crippen LogP contribution >= 0.6 is 0 Å². The average Bonchev–Trinajstić information content (AvgIpc) is 2.94. The van der Waals surface area contributed by atoms with Gasteiger partial charge < -0.3 is 9.84 Å². The fraction of sp³-hybridized carbons (Fsp3) is 0.824. The van der Waals surface area contributed by atoms with Gasteiger partial charge in [-0.1, -0.05) is 31.3 Å². The number of rotatable bonds is 8. The van der Waals surface area contributed by atoms with Crippen molar-refractivity contribution in [1.82, 2.24) is 20.4 Å². The van der Waals surface area contributed by atoms with Gasteiger partial charge in [-0.05, 0) is 39.7 Å².